The lowest BCUT2D eigenvalue weighted by Gasteiger charge is -2.18. The van der Waals surface area contributed by atoms with Crippen LogP contribution in [0.5, 0.6) is 5.75 Å². The Morgan fingerprint density at radius 1 is 1.17 bits per heavy atom. The molecule has 2 nitrogen and oxygen atoms in total. The summed E-state index contributed by atoms with van der Waals surface area (Å²) in [5, 5.41) is 0. The van der Waals surface area contributed by atoms with Crippen molar-refractivity contribution in [1.82, 2.24) is 0 Å². The maximum absolute atomic E-state index is 12.2. The van der Waals surface area contributed by atoms with Crippen molar-refractivity contribution in [1.29, 1.82) is 0 Å². The normalized spacial score (nSPS) is 11.4. The Bertz CT molecular complexity index is 439. The molecular weight excluding hydrogens is 224 g/mol. The standard InChI is InChI=1S/C16H24O2/c1-11-10-15(18-6)12(2)9-13(11)14(17)7-8-16(3,4)5/h9-10H,7-8H2,1-6H3. The summed E-state index contributed by atoms with van der Waals surface area (Å²) >= 11 is 0. The maximum Gasteiger partial charge on any atom is 0.163 e. The van der Waals surface area contributed by atoms with Crippen molar-refractivity contribution in [3.05, 3.63) is 28.8 Å². The van der Waals surface area contributed by atoms with Crippen LogP contribution < -0.4 is 4.74 Å². The average molecular weight is 248 g/mol. The quantitative estimate of drug-likeness (QED) is 0.742. The molecule has 0 saturated heterocycles. The summed E-state index contributed by atoms with van der Waals surface area (Å²) in [6.07, 6.45) is 1.52. The van der Waals surface area contributed by atoms with Crippen molar-refractivity contribution in [3.8, 4) is 5.75 Å². The molecule has 0 heterocycles. The van der Waals surface area contributed by atoms with E-state index in [1.165, 1.54) is 0 Å². The van der Waals surface area contributed by atoms with E-state index in [2.05, 4.69) is 20.8 Å². The zero-order valence-corrected chi connectivity index (χ0v) is 12.4. The summed E-state index contributed by atoms with van der Waals surface area (Å²) in [6.45, 7) is 10.4. The van der Waals surface area contributed by atoms with E-state index in [0.717, 1.165) is 28.9 Å². The summed E-state index contributed by atoms with van der Waals surface area (Å²) in [4.78, 5) is 12.2. The van der Waals surface area contributed by atoms with Gasteiger partial charge in [0, 0.05) is 12.0 Å². The van der Waals surface area contributed by atoms with E-state index >= 15 is 0 Å². The summed E-state index contributed by atoms with van der Waals surface area (Å²) < 4.78 is 5.26. The highest BCUT2D eigenvalue weighted by atomic mass is 16.5. The van der Waals surface area contributed by atoms with E-state index in [1.807, 2.05) is 26.0 Å². The molecule has 0 bridgehead atoms. The molecule has 0 fully saturated rings. The van der Waals surface area contributed by atoms with Gasteiger partial charge in [0.1, 0.15) is 5.75 Å². The number of aryl methyl sites for hydroxylation is 2. The van der Waals surface area contributed by atoms with Crippen molar-refractivity contribution in [3.63, 3.8) is 0 Å². The van der Waals surface area contributed by atoms with Crippen LogP contribution in [0, 0.1) is 19.3 Å². The summed E-state index contributed by atoms with van der Waals surface area (Å²) in [5.74, 6) is 1.08. The number of methoxy groups -OCH3 is 1. The molecule has 0 radical (unpaired) electrons. The number of carbonyl (C=O) groups excluding carboxylic acids is 1. The van der Waals surface area contributed by atoms with Gasteiger partial charge in [0.15, 0.2) is 5.78 Å². The average Bonchev–Trinajstić information content (AvgIpc) is 2.27. The molecule has 1 rings (SSSR count). The first kappa shape index (κ1) is 14.7. The fourth-order valence-corrected chi connectivity index (χ4v) is 1.93. The highest BCUT2D eigenvalue weighted by molar-refractivity contribution is 5.97. The Labute approximate surface area is 110 Å². The van der Waals surface area contributed by atoms with Crippen molar-refractivity contribution >= 4 is 5.78 Å². The number of ketones is 1. The van der Waals surface area contributed by atoms with Crippen LogP contribution in [0.15, 0.2) is 12.1 Å². The highest BCUT2D eigenvalue weighted by Crippen LogP contribution is 2.26. The number of carbonyl (C=O) groups is 1. The van der Waals surface area contributed by atoms with Gasteiger partial charge in [-0.2, -0.15) is 0 Å². The Kier molecular flexibility index (Phi) is 4.55. The van der Waals surface area contributed by atoms with Gasteiger partial charge in [-0.25, -0.2) is 0 Å². The summed E-state index contributed by atoms with van der Waals surface area (Å²) in [7, 11) is 1.66. The predicted octanol–water partition coefficient (Wildman–Crippen LogP) is 4.32. The molecule has 0 atom stereocenters. The van der Waals surface area contributed by atoms with Crippen LogP contribution in [0.3, 0.4) is 0 Å². The SMILES string of the molecule is COc1cc(C)c(C(=O)CCC(C)(C)C)cc1C. The molecule has 0 aliphatic rings. The molecular formula is C16H24O2. The van der Waals surface area contributed by atoms with Gasteiger partial charge in [0.05, 0.1) is 7.11 Å². The molecule has 100 valence electrons. The minimum Gasteiger partial charge on any atom is -0.496 e. The lowest BCUT2D eigenvalue weighted by molar-refractivity contribution is 0.0965. The molecule has 0 aromatic heterocycles. The Morgan fingerprint density at radius 2 is 1.78 bits per heavy atom. The lowest BCUT2D eigenvalue weighted by Crippen LogP contribution is -2.10. The Morgan fingerprint density at radius 3 is 2.28 bits per heavy atom. The van der Waals surface area contributed by atoms with Crippen LogP contribution in [0.1, 0.15) is 55.1 Å². The third-order valence-electron chi connectivity index (χ3n) is 3.14. The predicted molar refractivity (Wildman–Crippen MR) is 75.5 cm³/mol. The van der Waals surface area contributed by atoms with Crippen LogP contribution >= 0.6 is 0 Å². The fourth-order valence-electron chi connectivity index (χ4n) is 1.93. The fraction of sp³-hybridized carbons (Fsp3) is 0.562. The summed E-state index contributed by atoms with van der Waals surface area (Å²) in [5.41, 5.74) is 3.04. The number of hydrogen-bond donors (Lipinski definition) is 0. The molecule has 0 spiro atoms. The van der Waals surface area contributed by atoms with Crippen molar-refractivity contribution in [2.24, 2.45) is 5.41 Å². The van der Waals surface area contributed by atoms with Crippen LogP contribution in [0.25, 0.3) is 0 Å². The maximum atomic E-state index is 12.2. The van der Waals surface area contributed by atoms with Gasteiger partial charge in [0.2, 0.25) is 0 Å². The molecule has 0 aliphatic heterocycles. The molecule has 2 heteroatoms. The molecule has 0 N–H and O–H groups in total. The van der Waals surface area contributed by atoms with Crippen LogP contribution in [-0.2, 0) is 0 Å². The molecule has 0 amide bonds. The van der Waals surface area contributed by atoms with Crippen LogP contribution in [0.4, 0.5) is 0 Å². The number of benzene rings is 1. The number of ether oxygens (including phenoxy) is 1. The molecule has 0 aliphatic carbocycles. The van der Waals surface area contributed by atoms with Gasteiger partial charge in [-0.1, -0.05) is 20.8 Å². The van der Waals surface area contributed by atoms with Gasteiger partial charge in [-0.05, 0) is 48.9 Å². The topological polar surface area (TPSA) is 26.3 Å². The first-order chi connectivity index (χ1) is 8.24. The van der Waals surface area contributed by atoms with Gasteiger partial charge < -0.3 is 4.74 Å². The molecule has 1 aromatic carbocycles. The van der Waals surface area contributed by atoms with E-state index in [0.29, 0.717) is 6.42 Å². The van der Waals surface area contributed by atoms with Crippen molar-refractivity contribution < 1.29 is 9.53 Å². The van der Waals surface area contributed by atoms with Gasteiger partial charge >= 0.3 is 0 Å². The highest BCUT2D eigenvalue weighted by Gasteiger charge is 2.16. The first-order valence-corrected chi connectivity index (χ1v) is 6.43. The van der Waals surface area contributed by atoms with E-state index in [1.54, 1.807) is 7.11 Å². The number of Topliss-reactive ketones (excluding diaryl/α,β-unsaturated/α-hetero) is 1. The zero-order chi connectivity index (χ0) is 13.9. The third kappa shape index (κ3) is 3.86. The number of hydrogen-bond acceptors (Lipinski definition) is 2. The first-order valence-electron chi connectivity index (χ1n) is 6.43. The molecule has 0 unspecified atom stereocenters. The minimum atomic E-state index is 0.199. The van der Waals surface area contributed by atoms with E-state index in [-0.39, 0.29) is 11.2 Å². The molecule has 0 saturated carbocycles. The number of rotatable bonds is 4. The van der Waals surface area contributed by atoms with E-state index < -0.39 is 0 Å². The minimum absolute atomic E-state index is 0.199. The van der Waals surface area contributed by atoms with E-state index in [4.69, 9.17) is 4.74 Å². The van der Waals surface area contributed by atoms with Gasteiger partial charge in [0.25, 0.3) is 0 Å². The summed E-state index contributed by atoms with van der Waals surface area (Å²) in [6, 6.07) is 3.89. The van der Waals surface area contributed by atoms with Crippen LogP contribution in [-0.4, -0.2) is 12.9 Å². The van der Waals surface area contributed by atoms with Crippen molar-refractivity contribution in [2.75, 3.05) is 7.11 Å². The Balaban J connectivity index is 2.90. The second-order valence-corrected chi connectivity index (χ2v) is 6.12. The van der Waals surface area contributed by atoms with E-state index in [9.17, 15) is 4.79 Å². The third-order valence-corrected chi connectivity index (χ3v) is 3.14. The second-order valence-electron chi connectivity index (χ2n) is 6.12. The van der Waals surface area contributed by atoms with Gasteiger partial charge in [-0.15, -0.1) is 0 Å². The zero-order valence-electron chi connectivity index (χ0n) is 12.4. The molecule has 1 aromatic rings. The molecule has 18 heavy (non-hydrogen) atoms. The Hall–Kier alpha value is -1.31. The lowest BCUT2D eigenvalue weighted by atomic mass is 9.87. The second kappa shape index (κ2) is 5.55. The largest absolute Gasteiger partial charge is 0.496 e. The van der Waals surface area contributed by atoms with Crippen molar-refractivity contribution in [2.45, 2.75) is 47.5 Å². The monoisotopic (exact) mass is 248 g/mol. The van der Waals surface area contributed by atoms with Crippen LogP contribution in [0.2, 0.25) is 0 Å². The smallest absolute Gasteiger partial charge is 0.163 e. The van der Waals surface area contributed by atoms with Gasteiger partial charge in [-0.3, -0.25) is 4.79 Å².